The number of nitrogens with one attached hydrogen (secondary N) is 1. The molecule has 0 spiro atoms. The van der Waals surface area contributed by atoms with Crippen LogP contribution in [0.25, 0.3) is 0 Å². The van der Waals surface area contributed by atoms with Crippen LogP contribution in [0.4, 0.5) is 0 Å². The predicted molar refractivity (Wildman–Crippen MR) is 75.0 cm³/mol. The van der Waals surface area contributed by atoms with Gasteiger partial charge in [0.2, 0.25) is 0 Å². The Hall–Kier alpha value is -0.160. The molecule has 1 fully saturated rings. The molecule has 1 saturated heterocycles. The van der Waals surface area contributed by atoms with Crippen molar-refractivity contribution >= 4 is 0 Å². The average Bonchev–Trinajstić information content (AvgIpc) is 2.39. The summed E-state index contributed by atoms with van der Waals surface area (Å²) in [4.78, 5) is 2.59. The van der Waals surface area contributed by atoms with Crippen molar-refractivity contribution in [2.75, 3.05) is 53.6 Å². The summed E-state index contributed by atoms with van der Waals surface area (Å²) in [5.74, 6) is 0.722. The molecule has 4 heteroatoms. The van der Waals surface area contributed by atoms with Gasteiger partial charge in [-0.25, -0.2) is 0 Å². The maximum absolute atomic E-state index is 5.28. The molecule has 2 unspecified atom stereocenters. The first kappa shape index (κ1) is 15.9. The van der Waals surface area contributed by atoms with Crippen LogP contribution in [-0.2, 0) is 9.47 Å². The first-order valence-electron chi connectivity index (χ1n) is 7.20. The minimum Gasteiger partial charge on any atom is -0.385 e. The van der Waals surface area contributed by atoms with Gasteiger partial charge in [0.25, 0.3) is 0 Å². The number of nitrogens with zero attached hydrogens (tertiary/aromatic N) is 1. The molecular formula is C14H30N2O2. The smallest absolute Gasteiger partial charge is 0.0502 e. The Labute approximate surface area is 112 Å². The number of hydrogen-bond acceptors (Lipinski definition) is 4. The second-order valence-electron chi connectivity index (χ2n) is 5.36. The Morgan fingerprint density at radius 2 is 2.17 bits per heavy atom. The van der Waals surface area contributed by atoms with Crippen molar-refractivity contribution in [3.8, 4) is 0 Å². The molecule has 0 saturated carbocycles. The van der Waals surface area contributed by atoms with E-state index in [-0.39, 0.29) is 0 Å². The second-order valence-corrected chi connectivity index (χ2v) is 5.36. The normalized spacial score (nSPS) is 23.2. The Morgan fingerprint density at radius 3 is 2.89 bits per heavy atom. The van der Waals surface area contributed by atoms with Crippen molar-refractivity contribution in [2.45, 2.75) is 32.2 Å². The lowest BCUT2D eigenvalue weighted by molar-refractivity contribution is 0.0720. The lowest BCUT2D eigenvalue weighted by atomic mass is 9.97. The minimum absolute atomic E-state index is 0.618. The molecule has 0 aromatic rings. The first-order chi connectivity index (χ1) is 8.77. The molecule has 18 heavy (non-hydrogen) atoms. The fraction of sp³-hybridized carbons (Fsp3) is 1.00. The Balaban J connectivity index is 2.13. The number of methoxy groups -OCH3 is 2. The van der Waals surface area contributed by atoms with Crippen LogP contribution >= 0.6 is 0 Å². The van der Waals surface area contributed by atoms with Crippen molar-refractivity contribution in [2.24, 2.45) is 5.92 Å². The van der Waals surface area contributed by atoms with Crippen molar-refractivity contribution in [1.29, 1.82) is 0 Å². The molecule has 4 nitrogen and oxygen atoms in total. The first-order valence-corrected chi connectivity index (χ1v) is 7.20. The highest BCUT2D eigenvalue weighted by atomic mass is 16.5. The Bertz CT molecular complexity index is 200. The number of ether oxygens (including phenoxy) is 2. The van der Waals surface area contributed by atoms with Gasteiger partial charge in [-0.05, 0) is 45.2 Å². The van der Waals surface area contributed by atoms with E-state index in [1.807, 2.05) is 0 Å². The van der Waals surface area contributed by atoms with E-state index in [9.17, 15) is 0 Å². The summed E-state index contributed by atoms with van der Waals surface area (Å²) in [7, 11) is 3.56. The van der Waals surface area contributed by atoms with Gasteiger partial charge in [0, 0.05) is 40.0 Å². The molecule has 1 N–H and O–H groups in total. The molecule has 0 radical (unpaired) electrons. The third kappa shape index (κ3) is 6.14. The van der Waals surface area contributed by atoms with Crippen LogP contribution < -0.4 is 5.32 Å². The largest absolute Gasteiger partial charge is 0.385 e. The zero-order valence-electron chi connectivity index (χ0n) is 12.3. The van der Waals surface area contributed by atoms with E-state index >= 15 is 0 Å². The quantitative estimate of drug-likeness (QED) is 0.633. The van der Waals surface area contributed by atoms with Crippen LogP contribution in [0.15, 0.2) is 0 Å². The van der Waals surface area contributed by atoms with Crippen LogP contribution in [0, 0.1) is 5.92 Å². The summed E-state index contributed by atoms with van der Waals surface area (Å²) < 4.78 is 10.3. The van der Waals surface area contributed by atoms with E-state index in [0.717, 1.165) is 38.6 Å². The number of rotatable bonds is 9. The SMILES string of the molecule is COCCCNCC(C)N1CCCC(COC)C1. The molecule has 0 aromatic heterocycles. The van der Waals surface area contributed by atoms with Gasteiger partial charge in [0.15, 0.2) is 0 Å². The molecule has 108 valence electrons. The number of piperidine rings is 1. The second kappa shape index (κ2) is 9.73. The minimum atomic E-state index is 0.618. The average molecular weight is 258 g/mol. The van der Waals surface area contributed by atoms with E-state index in [4.69, 9.17) is 9.47 Å². The van der Waals surface area contributed by atoms with Gasteiger partial charge >= 0.3 is 0 Å². The molecule has 1 heterocycles. The van der Waals surface area contributed by atoms with Gasteiger partial charge in [-0.2, -0.15) is 0 Å². The highest BCUT2D eigenvalue weighted by Crippen LogP contribution is 2.18. The predicted octanol–water partition coefficient (Wildman–Crippen LogP) is 1.36. The van der Waals surface area contributed by atoms with Crippen molar-refractivity contribution in [3.05, 3.63) is 0 Å². The summed E-state index contributed by atoms with van der Waals surface area (Å²) in [6.07, 6.45) is 3.72. The summed E-state index contributed by atoms with van der Waals surface area (Å²) in [6, 6.07) is 0.618. The summed E-state index contributed by atoms with van der Waals surface area (Å²) in [6.45, 7) is 8.62. The number of likely N-dealkylation sites (tertiary alicyclic amines) is 1. The van der Waals surface area contributed by atoms with Gasteiger partial charge in [-0.1, -0.05) is 0 Å². The highest BCUT2D eigenvalue weighted by molar-refractivity contribution is 4.78. The molecule has 0 amide bonds. The van der Waals surface area contributed by atoms with Crippen LogP contribution in [0.1, 0.15) is 26.2 Å². The van der Waals surface area contributed by atoms with Crippen LogP contribution in [-0.4, -0.2) is 64.6 Å². The maximum Gasteiger partial charge on any atom is 0.0502 e. The zero-order valence-corrected chi connectivity index (χ0v) is 12.3. The van der Waals surface area contributed by atoms with Crippen LogP contribution in [0.2, 0.25) is 0 Å². The lowest BCUT2D eigenvalue weighted by Gasteiger charge is -2.36. The van der Waals surface area contributed by atoms with Crippen molar-refractivity contribution in [3.63, 3.8) is 0 Å². The molecule has 0 aliphatic carbocycles. The van der Waals surface area contributed by atoms with Crippen molar-refractivity contribution < 1.29 is 9.47 Å². The molecule has 2 atom stereocenters. The van der Waals surface area contributed by atoms with E-state index < -0.39 is 0 Å². The fourth-order valence-electron chi connectivity index (χ4n) is 2.65. The van der Waals surface area contributed by atoms with E-state index in [0.29, 0.717) is 6.04 Å². The molecular weight excluding hydrogens is 228 g/mol. The molecule has 1 rings (SSSR count). The fourth-order valence-corrected chi connectivity index (χ4v) is 2.65. The van der Waals surface area contributed by atoms with Crippen molar-refractivity contribution in [1.82, 2.24) is 10.2 Å². The highest BCUT2D eigenvalue weighted by Gasteiger charge is 2.22. The molecule has 0 aromatic carbocycles. The van der Waals surface area contributed by atoms with E-state index in [1.54, 1.807) is 14.2 Å². The van der Waals surface area contributed by atoms with Crippen LogP contribution in [0.3, 0.4) is 0 Å². The third-order valence-electron chi connectivity index (χ3n) is 3.72. The van der Waals surface area contributed by atoms with E-state index in [1.165, 1.54) is 25.9 Å². The third-order valence-corrected chi connectivity index (χ3v) is 3.72. The molecule has 1 aliphatic rings. The standard InChI is InChI=1S/C14H30N2O2/c1-13(10-15-7-5-9-17-2)16-8-4-6-14(11-16)12-18-3/h13-15H,4-12H2,1-3H3. The van der Waals surface area contributed by atoms with Gasteiger partial charge in [-0.15, -0.1) is 0 Å². The summed E-state index contributed by atoms with van der Waals surface area (Å²) in [5, 5.41) is 3.51. The number of hydrogen-bond donors (Lipinski definition) is 1. The lowest BCUT2D eigenvalue weighted by Crippen LogP contribution is -2.46. The summed E-state index contributed by atoms with van der Waals surface area (Å²) in [5.41, 5.74) is 0. The Morgan fingerprint density at radius 1 is 1.33 bits per heavy atom. The van der Waals surface area contributed by atoms with Gasteiger partial charge in [0.1, 0.15) is 0 Å². The topological polar surface area (TPSA) is 33.7 Å². The maximum atomic E-state index is 5.28. The van der Waals surface area contributed by atoms with E-state index in [2.05, 4.69) is 17.1 Å². The zero-order chi connectivity index (χ0) is 13.2. The monoisotopic (exact) mass is 258 g/mol. The van der Waals surface area contributed by atoms with Gasteiger partial charge in [-0.3, -0.25) is 4.90 Å². The molecule has 0 bridgehead atoms. The Kier molecular flexibility index (Phi) is 8.59. The van der Waals surface area contributed by atoms with Gasteiger partial charge < -0.3 is 14.8 Å². The van der Waals surface area contributed by atoms with Crippen LogP contribution in [0.5, 0.6) is 0 Å². The molecule has 1 aliphatic heterocycles. The summed E-state index contributed by atoms with van der Waals surface area (Å²) >= 11 is 0. The van der Waals surface area contributed by atoms with Gasteiger partial charge in [0.05, 0.1) is 6.61 Å².